The summed E-state index contributed by atoms with van der Waals surface area (Å²) in [7, 11) is 0. The van der Waals surface area contributed by atoms with Crippen molar-refractivity contribution in [1.82, 2.24) is 0 Å². The lowest BCUT2D eigenvalue weighted by Crippen LogP contribution is -2.00. The van der Waals surface area contributed by atoms with Crippen molar-refractivity contribution in [2.24, 2.45) is 0 Å². The van der Waals surface area contributed by atoms with E-state index in [2.05, 4.69) is 13.0 Å². The van der Waals surface area contributed by atoms with Gasteiger partial charge in [-0.05, 0) is 32.3 Å². The minimum absolute atomic E-state index is 0.760. The average molecular weight is 140 g/mol. The molecule has 0 aliphatic heterocycles. The highest BCUT2D eigenvalue weighted by molar-refractivity contribution is 5.22. The third-order valence-electron chi connectivity index (χ3n) is 1.88. The van der Waals surface area contributed by atoms with Gasteiger partial charge in [0.15, 0.2) is 0 Å². The molecular formula is C9H13F. The van der Waals surface area contributed by atoms with Crippen LogP contribution in [0.4, 0.5) is 4.39 Å². The van der Waals surface area contributed by atoms with Gasteiger partial charge in [0, 0.05) is 0 Å². The summed E-state index contributed by atoms with van der Waals surface area (Å²) < 4.78 is 12.6. The Labute approximate surface area is 61.4 Å². The standard InChI is InChI=1S/C9H13F/c1-7-3-5-9(6-4-7)8(2)10/h3,6,8H,4-5H2,1-2H3. The third kappa shape index (κ3) is 1.69. The Morgan fingerprint density at radius 2 is 2.10 bits per heavy atom. The molecule has 0 aromatic carbocycles. The zero-order valence-electron chi connectivity index (χ0n) is 6.52. The SMILES string of the molecule is CC1=CCC(C(C)F)=CC1. The second-order valence-electron chi connectivity index (χ2n) is 2.85. The zero-order valence-corrected chi connectivity index (χ0v) is 6.52. The minimum Gasteiger partial charge on any atom is -0.243 e. The van der Waals surface area contributed by atoms with Crippen LogP contribution in [0.2, 0.25) is 0 Å². The molecule has 0 aromatic rings. The summed E-state index contributed by atoms with van der Waals surface area (Å²) >= 11 is 0. The molecule has 1 heteroatoms. The summed E-state index contributed by atoms with van der Waals surface area (Å²) in [5, 5.41) is 0. The first-order chi connectivity index (χ1) is 4.70. The van der Waals surface area contributed by atoms with E-state index in [-0.39, 0.29) is 0 Å². The van der Waals surface area contributed by atoms with Crippen molar-refractivity contribution in [1.29, 1.82) is 0 Å². The van der Waals surface area contributed by atoms with Gasteiger partial charge in [-0.2, -0.15) is 0 Å². The van der Waals surface area contributed by atoms with Crippen molar-refractivity contribution in [3.8, 4) is 0 Å². The highest BCUT2D eigenvalue weighted by Gasteiger charge is 2.07. The average Bonchev–Trinajstić information content (AvgIpc) is 1.88. The lowest BCUT2D eigenvalue weighted by molar-refractivity contribution is 0.405. The zero-order chi connectivity index (χ0) is 7.56. The number of halogens is 1. The molecular weight excluding hydrogens is 127 g/mol. The first-order valence-electron chi connectivity index (χ1n) is 3.69. The molecule has 0 amide bonds. The van der Waals surface area contributed by atoms with Crippen LogP contribution in [-0.2, 0) is 0 Å². The lowest BCUT2D eigenvalue weighted by atomic mass is 9.98. The predicted octanol–water partition coefficient (Wildman–Crippen LogP) is 3.01. The maximum atomic E-state index is 12.6. The second-order valence-corrected chi connectivity index (χ2v) is 2.85. The Bertz CT molecular complexity index is 175. The van der Waals surface area contributed by atoms with Gasteiger partial charge in [-0.3, -0.25) is 0 Å². The van der Waals surface area contributed by atoms with Gasteiger partial charge in [0.2, 0.25) is 0 Å². The second kappa shape index (κ2) is 3.00. The molecule has 1 rings (SSSR count). The number of rotatable bonds is 1. The summed E-state index contributed by atoms with van der Waals surface area (Å²) in [6, 6.07) is 0. The van der Waals surface area contributed by atoms with Crippen molar-refractivity contribution in [2.75, 3.05) is 0 Å². The van der Waals surface area contributed by atoms with Crippen LogP contribution in [0.25, 0.3) is 0 Å². The van der Waals surface area contributed by atoms with Crippen LogP contribution in [0.15, 0.2) is 23.3 Å². The molecule has 1 atom stereocenters. The molecule has 0 aromatic heterocycles. The fraction of sp³-hybridized carbons (Fsp3) is 0.556. The van der Waals surface area contributed by atoms with Crippen LogP contribution >= 0.6 is 0 Å². The van der Waals surface area contributed by atoms with Gasteiger partial charge in [-0.15, -0.1) is 0 Å². The monoisotopic (exact) mass is 140 g/mol. The van der Waals surface area contributed by atoms with Gasteiger partial charge in [0.1, 0.15) is 6.17 Å². The maximum absolute atomic E-state index is 12.6. The third-order valence-corrected chi connectivity index (χ3v) is 1.88. The van der Waals surface area contributed by atoms with Crippen LogP contribution in [0.3, 0.4) is 0 Å². The van der Waals surface area contributed by atoms with E-state index >= 15 is 0 Å². The molecule has 0 bridgehead atoms. The van der Waals surface area contributed by atoms with Crippen LogP contribution < -0.4 is 0 Å². The van der Waals surface area contributed by atoms with E-state index in [9.17, 15) is 4.39 Å². The molecule has 56 valence electrons. The number of hydrogen-bond donors (Lipinski definition) is 0. The van der Waals surface area contributed by atoms with Gasteiger partial charge in [0.25, 0.3) is 0 Å². The van der Waals surface area contributed by atoms with Crippen molar-refractivity contribution in [3.63, 3.8) is 0 Å². The summed E-state index contributed by atoms with van der Waals surface area (Å²) in [4.78, 5) is 0. The molecule has 0 spiro atoms. The van der Waals surface area contributed by atoms with Crippen molar-refractivity contribution in [2.45, 2.75) is 32.9 Å². The Kier molecular flexibility index (Phi) is 2.25. The first kappa shape index (κ1) is 7.52. The molecule has 10 heavy (non-hydrogen) atoms. The van der Waals surface area contributed by atoms with Crippen LogP contribution in [0, 0.1) is 0 Å². The van der Waals surface area contributed by atoms with Crippen LogP contribution in [0.1, 0.15) is 26.7 Å². The highest BCUT2D eigenvalue weighted by Crippen LogP contribution is 2.20. The molecule has 0 saturated heterocycles. The Balaban J connectivity index is 2.54. The summed E-state index contributed by atoms with van der Waals surface area (Å²) in [6.07, 6.45) is 5.09. The normalized spacial score (nSPS) is 21.5. The van der Waals surface area contributed by atoms with E-state index in [4.69, 9.17) is 0 Å². The predicted molar refractivity (Wildman–Crippen MR) is 41.6 cm³/mol. The topological polar surface area (TPSA) is 0 Å². The van der Waals surface area contributed by atoms with Gasteiger partial charge >= 0.3 is 0 Å². The summed E-state index contributed by atoms with van der Waals surface area (Å²) in [5.41, 5.74) is 2.29. The molecule has 0 nitrogen and oxygen atoms in total. The molecule has 0 heterocycles. The van der Waals surface area contributed by atoms with Crippen molar-refractivity contribution in [3.05, 3.63) is 23.3 Å². The Morgan fingerprint density at radius 3 is 2.50 bits per heavy atom. The molecule has 0 fully saturated rings. The van der Waals surface area contributed by atoms with Crippen molar-refractivity contribution < 1.29 is 4.39 Å². The first-order valence-corrected chi connectivity index (χ1v) is 3.69. The van der Waals surface area contributed by atoms with Crippen molar-refractivity contribution >= 4 is 0 Å². The van der Waals surface area contributed by atoms with Gasteiger partial charge in [-0.1, -0.05) is 17.7 Å². The van der Waals surface area contributed by atoms with Crippen LogP contribution in [-0.4, -0.2) is 6.17 Å². The van der Waals surface area contributed by atoms with E-state index in [0.717, 1.165) is 18.4 Å². The molecule has 0 N–H and O–H groups in total. The largest absolute Gasteiger partial charge is 0.243 e. The van der Waals surface area contributed by atoms with Crippen LogP contribution in [0.5, 0.6) is 0 Å². The summed E-state index contributed by atoms with van der Waals surface area (Å²) in [6.45, 7) is 3.68. The Hall–Kier alpha value is -0.590. The highest BCUT2D eigenvalue weighted by atomic mass is 19.1. The molecule has 0 radical (unpaired) electrons. The van der Waals surface area contributed by atoms with Gasteiger partial charge < -0.3 is 0 Å². The molecule has 1 aliphatic carbocycles. The summed E-state index contributed by atoms with van der Waals surface area (Å²) in [5.74, 6) is 0. The quantitative estimate of drug-likeness (QED) is 0.491. The fourth-order valence-corrected chi connectivity index (χ4v) is 1.08. The number of hydrogen-bond acceptors (Lipinski definition) is 0. The van der Waals surface area contributed by atoms with E-state index < -0.39 is 6.17 Å². The number of allylic oxidation sites excluding steroid dienone is 4. The van der Waals surface area contributed by atoms with Gasteiger partial charge in [-0.25, -0.2) is 4.39 Å². The van der Waals surface area contributed by atoms with E-state index in [1.807, 2.05) is 6.08 Å². The fourth-order valence-electron chi connectivity index (χ4n) is 1.08. The number of alkyl halides is 1. The van der Waals surface area contributed by atoms with Gasteiger partial charge in [0.05, 0.1) is 0 Å². The Morgan fingerprint density at radius 1 is 1.40 bits per heavy atom. The molecule has 1 unspecified atom stereocenters. The van der Waals surface area contributed by atoms with E-state index in [1.165, 1.54) is 5.57 Å². The van der Waals surface area contributed by atoms with E-state index in [1.54, 1.807) is 6.92 Å². The maximum Gasteiger partial charge on any atom is 0.119 e. The minimum atomic E-state index is -0.760. The smallest absolute Gasteiger partial charge is 0.119 e. The lowest BCUT2D eigenvalue weighted by Gasteiger charge is -2.11. The molecule has 0 saturated carbocycles. The van der Waals surface area contributed by atoms with E-state index in [0.29, 0.717) is 0 Å². The molecule has 1 aliphatic rings.